The number of thioether (sulfide) groups is 1. The molecule has 0 amide bonds. The highest BCUT2D eigenvalue weighted by Gasteiger charge is 2.24. The third kappa shape index (κ3) is 3.46. The highest BCUT2D eigenvalue weighted by Crippen LogP contribution is 2.36. The molecule has 0 aliphatic heterocycles. The van der Waals surface area contributed by atoms with Crippen LogP contribution in [-0.2, 0) is 6.54 Å². The molecule has 2 heterocycles. The largest absolute Gasteiger partial charge is 0.343 e. The fraction of sp³-hybridized carbons (Fsp3) is 0.438. The Morgan fingerprint density at radius 3 is 2.80 bits per heavy atom. The van der Waals surface area contributed by atoms with Gasteiger partial charge in [0.25, 0.3) is 0 Å². The second-order valence-corrected chi connectivity index (χ2v) is 6.99. The number of hydrogen-bond acceptors (Lipinski definition) is 4. The molecule has 0 aliphatic carbocycles. The van der Waals surface area contributed by atoms with Gasteiger partial charge < -0.3 is 0 Å². The first-order valence-corrected chi connectivity index (χ1v) is 8.97. The molecule has 3 rings (SSSR count). The number of aromatic amines is 1. The van der Waals surface area contributed by atoms with Gasteiger partial charge in [0.1, 0.15) is 5.82 Å². The Kier molecular flexibility index (Phi) is 5.22. The molecule has 0 fully saturated rings. The highest BCUT2D eigenvalue weighted by atomic mass is 32.2. The number of imidazole rings is 1. The molecule has 6 nitrogen and oxygen atoms in total. The number of para-hydroxylation sites is 2. The smallest absolute Gasteiger partial charge is 0.270 e. The van der Waals surface area contributed by atoms with E-state index in [0.29, 0.717) is 22.7 Å². The number of aromatic nitrogens is 5. The Hall–Kier alpha value is -2.16. The first kappa shape index (κ1) is 17.7. The van der Waals surface area contributed by atoms with Crippen molar-refractivity contribution in [1.29, 1.82) is 0 Å². The van der Waals surface area contributed by atoms with Crippen LogP contribution in [0.3, 0.4) is 0 Å². The number of hydrogen-bond donors (Lipinski definition) is 1. The molecular formula is C16H19F2N5OS. The number of unbranched alkanes of at least 4 members (excludes halogenated alkanes) is 1. The third-order valence-electron chi connectivity index (χ3n) is 3.92. The zero-order valence-corrected chi connectivity index (χ0v) is 14.8. The van der Waals surface area contributed by atoms with Gasteiger partial charge in [-0.05, 0) is 25.5 Å². The van der Waals surface area contributed by atoms with Crippen LogP contribution in [0, 0.1) is 0 Å². The van der Waals surface area contributed by atoms with Gasteiger partial charge in [0.15, 0.2) is 5.16 Å². The lowest BCUT2D eigenvalue weighted by Crippen LogP contribution is -2.18. The van der Waals surface area contributed by atoms with Crippen LogP contribution in [0.25, 0.3) is 11.0 Å². The van der Waals surface area contributed by atoms with Gasteiger partial charge in [-0.2, -0.15) is 8.78 Å². The van der Waals surface area contributed by atoms with E-state index in [4.69, 9.17) is 0 Å². The van der Waals surface area contributed by atoms with Crippen LogP contribution in [0.15, 0.2) is 34.2 Å². The summed E-state index contributed by atoms with van der Waals surface area (Å²) in [5, 5.41) is 6.55. The third-order valence-corrected chi connectivity index (χ3v) is 5.01. The van der Waals surface area contributed by atoms with Crippen molar-refractivity contribution in [1.82, 2.24) is 24.3 Å². The van der Waals surface area contributed by atoms with Crippen molar-refractivity contribution in [3.05, 3.63) is 40.6 Å². The molecule has 0 spiro atoms. The van der Waals surface area contributed by atoms with E-state index in [1.807, 2.05) is 6.92 Å². The molecule has 1 N–H and O–H groups in total. The van der Waals surface area contributed by atoms with Gasteiger partial charge in [-0.1, -0.05) is 37.2 Å². The maximum atomic E-state index is 13.6. The van der Waals surface area contributed by atoms with Gasteiger partial charge in [0, 0.05) is 6.54 Å². The number of nitrogens with one attached hydrogen (secondary N) is 1. The van der Waals surface area contributed by atoms with Crippen LogP contribution in [0.5, 0.6) is 0 Å². The van der Waals surface area contributed by atoms with E-state index in [-0.39, 0.29) is 11.5 Å². The van der Waals surface area contributed by atoms with Gasteiger partial charge in [0.05, 0.1) is 16.3 Å². The Balaban J connectivity index is 1.94. The van der Waals surface area contributed by atoms with Crippen LogP contribution >= 0.6 is 11.8 Å². The quantitative estimate of drug-likeness (QED) is 0.642. The molecule has 0 saturated carbocycles. The second kappa shape index (κ2) is 7.38. The minimum atomic E-state index is -2.69. The Morgan fingerprint density at radius 2 is 2.08 bits per heavy atom. The van der Waals surface area contributed by atoms with Gasteiger partial charge in [-0.15, -0.1) is 5.10 Å². The molecule has 0 bridgehead atoms. The number of H-pyrrole nitrogens is 1. The first-order valence-electron chi connectivity index (χ1n) is 8.09. The van der Waals surface area contributed by atoms with Crippen molar-refractivity contribution in [2.75, 3.05) is 0 Å². The zero-order valence-electron chi connectivity index (χ0n) is 13.9. The summed E-state index contributed by atoms with van der Waals surface area (Å²) in [6.07, 6.45) is 1.79. The average Bonchev–Trinajstić information content (AvgIpc) is 3.14. The lowest BCUT2D eigenvalue weighted by Gasteiger charge is -2.13. The topological polar surface area (TPSA) is 68.5 Å². The normalized spacial score (nSPS) is 13.0. The molecule has 1 atom stereocenters. The summed E-state index contributed by atoms with van der Waals surface area (Å²) in [6.45, 7) is 1.68. The van der Waals surface area contributed by atoms with Crippen molar-refractivity contribution < 1.29 is 8.78 Å². The molecule has 3 aromatic rings. The maximum absolute atomic E-state index is 13.6. The van der Waals surface area contributed by atoms with E-state index in [9.17, 15) is 13.6 Å². The number of halogens is 2. The maximum Gasteiger partial charge on any atom is 0.343 e. The molecule has 25 heavy (non-hydrogen) atoms. The SMILES string of the molecule is CCCCn1c(S[C@@H](C)c2nc3ccccc3n2C(F)F)n[nH]c1=O. The number of benzene rings is 1. The molecule has 9 heteroatoms. The van der Waals surface area contributed by atoms with Crippen molar-refractivity contribution in [2.24, 2.45) is 0 Å². The molecule has 0 aliphatic rings. The van der Waals surface area contributed by atoms with E-state index in [0.717, 1.165) is 17.4 Å². The molecular weight excluding hydrogens is 348 g/mol. The van der Waals surface area contributed by atoms with E-state index >= 15 is 0 Å². The van der Waals surface area contributed by atoms with Gasteiger partial charge in [0.2, 0.25) is 0 Å². The predicted octanol–water partition coefficient (Wildman–Crippen LogP) is 3.97. The number of rotatable bonds is 7. The van der Waals surface area contributed by atoms with Crippen LogP contribution in [0.1, 0.15) is 44.3 Å². The van der Waals surface area contributed by atoms with Crippen LogP contribution in [0.4, 0.5) is 8.78 Å². The van der Waals surface area contributed by atoms with E-state index < -0.39 is 11.8 Å². The summed E-state index contributed by atoms with van der Waals surface area (Å²) in [4.78, 5) is 16.2. The number of alkyl halides is 2. The first-order chi connectivity index (χ1) is 12.0. The van der Waals surface area contributed by atoms with Crippen LogP contribution < -0.4 is 5.69 Å². The van der Waals surface area contributed by atoms with E-state index in [2.05, 4.69) is 15.2 Å². The Morgan fingerprint density at radius 1 is 1.32 bits per heavy atom. The lowest BCUT2D eigenvalue weighted by molar-refractivity contribution is 0.0715. The van der Waals surface area contributed by atoms with E-state index in [1.54, 1.807) is 35.8 Å². The standard InChI is InChI=1S/C16H19F2N5OS/c1-3-4-9-22-15(24)20-21-16(22)25-10(2)13-19-11-7-5-6-8-12(11)23(13)14(17)18/h5-8,10,14H,3-4,9H2,1-2H3,(H,20,24)/t10-/m0/s1. The predicted molar refractivity (Wildman–Crippen MR) is 93.0 cm³/mol. The molecule has 0 unspecified atom stereocenters. The van der Waals surface area contributed by atoms with Gasteiger partial charge in [-0.25, -0.2) is 14.9 Å². The van der Waals surface area contributed by atoms with Crippen molar-refractivity contribution in [2.45, 2.75) is 50.2 Å². The number of nitrogens with zero attached hydrogens (tertiary/aromatic N) is 4. The fourth-order valence-corrected chi connectivity index (χ4v) is 3.66. The Bertz CT molecular complexity index is 917. The fourth-order valence-electron chi connectivity index (χ4n) is 2.67. The minimum Gasteiger partial charge on any atom is -0.270 e. The molecule has 2 aromatic heterocycles. The second-order valence-electron chi connectivity index (χ2n) is 5.68. The molecule has 1 aromatic carbocycles. The summed E-state index contributed by atoms with van der Waals surface area (Å²) in [6, 6.07) is 6.81. The van der Waals surface area contributed by atoms with Gasteiger partial charge in [-0.3, -0.25) is 9.13 Å². The Labute approximate surface area is 147 Å². The summed E-state index contributed by atoms with van der Waals surface area (Å²) in [7, 11) is 0. The van der Waals surface area contributed by atoms with E-state index in [1.165, 1.54) is 11.8 Å². The lowest BCUT2D eigenvalue weighted by atomic mass is 10.3. The summed E-state index contributed by atoms with van der Waals surface area (Å²) >= 11 is 1.25. The monoisotopic (exact) mass is 367 g/mol. The van der Waals surface area contributed by atoms with Gasteiger partial charge >= 0.3 is 12.2 Å². The van der Waals surface area contributed by atoms with Crippen molar-refractivity contribution in [3.63, 3.8) is 0 Å². The highest BCUT2D eigenvalue weighted by molar-refractivity contribution is 7.99. The van der Waals surface area contributed by atoms with Crippen LogP contribution in [0.2, 0.25) is 0 Å². The summed E-state index contributed by atoms with van der Waals surface area (Å²) in [5.74, 6) is 0.263. The summed E-state index contributed by atoms with van der Waals surface area (Å²) < 4.78 is 29.6. The van der Waals surface area contributed by atoms with Crippen LogP contribution in [-0.4, -0.2) is 24.3 Å². The molecule has 0 saturated heterocycles. The molecule has 134 valence electrons. The average molecular weight is 367 g/mol. The summed E-state index contributed by atoms with van der Waals surface area (Å²) in [5.41, 5.74) is 0.631. The number of fused-ring (bicyclic) bond motifs is 1. The zero-order chi connectivity index (χ0) is 18.0. The molecule has 0 radical (unpaired) electrons. The van der Waals surface area contributed by atoms with Crippen molar-refractivity contribution in [3.8, 4) is 0 Å². The van der Waals surface area contributed by atoms with Crippen molar-refractivity contribution >= 4 is 22.8 Å². The minimum absolute atomic E-state index is 0.263.